The van der Waals surface area contributed by atoms with Crippen molar-refractivity contribution in [3.8, 4) is 0 Å². The number of rotatable bonds is 6. The summed E-state index contributed by atoms with van der Waals surface area (Å²) in [7, 11) is 0. The van der Waals surface area contributed by atoms with Crippen LogP contribution in [0, 0.1) is 6.92 Å². The van der Waals surface area contributed by atoms with Crippen LogP contribution in [0.4, 0.5) is 5.69 Å². The molecule has 0 unspecified atom stereocenters. The molecule has 0 saturated carbocycles. The molecule has 0 aliphatic rings. The third kappa shape index (κ3) is 4.59. The summed E-state index contributed by atoms with van der Waals surface area (Å²) >= 11 is 4.74. The van der Waals surface area contributed by atoms with E-state index < -0.39 is 0 Å². The van der Waals surface area contributed by atoms with Crippen LogP contribution >= 0.6 is 27.7 Å². The Kier molecular flexibility index (Phi) is 6.34. The largest absolute Gasteiger partial charge is 0.324 e. The zero-order valence-electron chi connectivity index (χ0n) is 15.2. The summed E-state index contributed by atoms with van der Waals surface area (Å²) in [6.07, 6.45) is 0.815. The second-order valence-electron chi connectivity index (χ2n) is 6.19. The fourth-order valence-electron chi connectivity index (χ4n) is 2.72. The number of aromatic nitrogens is 2. The van der Waals surface area contributed by atoms with Gasteiger partial charge in [0, 0.05) is 11.0 Å². The van der Waals surface area contributed by atoms with E-state index in [4.69, 9.17) is 0 Å². The van der Waals surface area contributed by atoms with Gasteiger partial charge in [-0.05, 0) is 59.1 Å². The number of nitrogens with zero attached hydrogens (tertiary/aromatic N) is 2. The number of fused-ring (bicyclic) bond motifs is 1. The molecule has 1 amide bonds. The summed E-state index contributed by atoms with van der Waals surface area (Å²) in [5.74, 6) is 0.0319. The molecular weight excluding hydrogens is 426 g/mol. The normalized spacial score (nSPS) is 10.9. The minimum atomic E-state index is -0.144. The lowest BCUT2D eigenvalue weighted by Gasteiger charge is -2.12. The van der Waals surface area contributed by atoms with E-state index >= 15 is 0 Å². The van der Waals surface area contributed by atoms with Gasteiger partial charge in [0.15, 0.2) is 5.16 Å². The molecule has 27 heavy (non-hydrogen) atoms. The zero-order valence-corrected chi connectivity index (χ0v) is 17.6. The SMILES string of the molecule is CCCn1c(SCC(=O)Nc2ccc(C)cc2Br)nc2ccccc2c1=O. The summed E-state index contributed by atoms with van der Waals surface area (Å²) in [5, 5.41) is 4.06. The maximum absolute atomic E-state index is 12.8. The number of halogens is 1. The molecule has 0 fully saturated rings. The highest BCUT2D eigenvalue weighted by atomic mass is 79.9. The Hall–Kier alpha value is -2.12. The van der Waals surface area contributed by atoms with Gasteiger partial charge in [-0.1, -0.05) is 36.9 Å². The van der Waals surface area contributed by atoms with Crippen LogP contribution in [-0.4, -0.2) is 21.2 Å². The maximum atomic E-state index is 12.8. The van der Waals surface area contributed by atoms with Gasteiger partial charge in [-0.25, -0.2) is 4.98 Å². The smallest absolute Gasteiger partial charge is 0.262 e. The average Bonchev–Trinajstić information content (AvgIpc) is 2.65. The Bertz CT molecular complexity index is 1050. The molecule has 0 radical (unpaired) electrons. The van der Waals surface area contributed by atoms with Crippen molar-refractivity contribution < 1.29 is 4.79 Å². The molecule has 0 aliphatic carbocycles. The van der Waals surface area contributed by atoms with Gasteiger partial charge in [-0.15, -0.1) is 0 Å². The van der Waals surface area contributed by atoms with E-state index in [0.29, 0.717) is 22.6 Å². The predicted molar refractivity (Wildman–Crippen MR) is 115 cm³/mol. The number of hydrogen-bond acceptors (Lipinski definition) is 4. The van der Waals surface area contributed by atoms with Crippen LogP contribution in [0.2, 0.25) is 0 Å². The molecule has 1 aromatic heterocycles. The lowest BCUT2D eigenvalue weighted by molar-refractivity contribution is -0.113. The molecule has 0 saturated heterocycles. The van der Waals surface area contributed by atoms with Crippen molar-refractivity contribution in [1.82, 2.24) is 9.55 Å². The highest BCUT2D eigenvalue weighted by Gasteiger charge is 2.13. The average molecular weight is 446 g/mol. The van der Waals surface area contributed by atoms with Gasteiger partial charge < -0.3 is 5.32 Å². The molecule has 7 heteroatoms. The highest BCUT2D eigenvalue weighted by Crippen LogP contribution is 2.24. The van der Waals surface area contributed by atoms with Gasteiger partial charge in [-0.3, -0.25) is 14.2 Å². The van der Waals surface area contributed by atoms with Crippen LogP contribution in [0.15, 0.2) is 56.9 Å². The summed E-state index contributed by atoms with van der Waals surface area (Å²) in [6.45, 7) is 4.58. The second kappa shape index (κ2) is 8.71. The molecule has 1 heterocycles. The van der Waals surface area contributed by atoms with Crippen molar-refractivity contribution in [2.45, 2.75) is 32.0 Å². The Balaban J connectivity index is 1.80. The third-order valence-electron chi connectivity index (χ3n) is 4.00. The number of hydrogen-bond donors (Lipinski definition) is 1. The fourth-order valence-corrected chi connectivity index (χ4v) is 4.13. The van der Waals surface area contributed by atoms with E-state index in [1.54, 1.807) is 10.6 Å². The molecule has 5 nitrogen and oxygen atoms in total. The second-order valence-corrected chi connectivity index (χ2v) is 7.99. The maximum Gasteiger partial charge on any atom is 0.262 e. The number of anilines is 1. The number of thioether (sulfide) groups is 1. The standard InChI is InChI=1S/C20H20BrN3O2S/c1-3-10-24-19(26)14-6-4-5-7-16(14)23-20(24)27-12-18(25)22-17-9-8-13(2)11-15(17)21/h4-9,11H,3,10,12H2,1-2H3,(H,22,25). The van der Waals surface area contributed by atoms with E-state index in [-0.39, 0.29) is 17.2 Å². The van der Waals surface area contributed by atoms with Crippen molar-refractivity contribution in [2.24, 2.45) is 0 Å². The van der Waals surface area contributed by atoms with Crippen LogP contribution in [0.5, 0.6) is 0 Å². The monoisotopic (exact) mass is 445 g/mol. The fraction of sp³-hybridized carbons (Fsp3) is 0.250. The van der Waals surface area contributed by atoms with Gasteiger partial charge in [0.25, 0.3) is 5.56 Å². The summed E-state index contributed by atoms with van der Waals surface area (Å²) in [5.41, 5.74) is 2.42. The van der Waals surface area contributed by atoms with Crippen LogP contribution in [0.1, 0.15) is 18.9 Å². The number of aryl methyl sites for hydroxylation is 1. The highest BCUT2D eigenvalue weighted by molar-refractivity contribution is 9.10. The summed E-state index contributed by atoms with van der Waals surface area (Å²) in [6, 6.07) is 13.1. The van der Waals surface area contributed by atoms with Crippen LogP contribution in [-0.2, 0) is 11.3 Å². The first-order chi connectivity index (χ1) is 13.0. The van der Waals surface area contributed by atoms with Gasteiger partial charge >= 0.3 is 0 Å². The first kappa shape index (κ1) is 19.6. The molecule has 2 aromatic carbocycles. The van der Waals surface area contributed by atoms with Crippen molar-refractivity contribution in [3.63, 3.8) is 0 Å². The van der Waals surface area contributed by atoms with Crippen molar-refractivity contribution in [1.29, 1.82) is 0 Å². The topological polar surface area (TPSA) is 64.0 Å². The van der Waals surface area contributed by atoms with E-state index in [1.165, 1.54) is 11.8 Å². The van der Waals surface area contributed by atoms with Crippen LogP contribution in [0.3, 0.4) is 0 Å². The quantitative estimate of drug-likeness (QED) is 0.444. The number of benzene rings is 2. The van der Waals surface area contributed by atoms with Crippen molar-refractivity contribution >= 4 is 50.2 Å². The minimum absolute atomic E-state index is 0.0633. The zero-order chi connectivity index (χ0) is 19.4. The summed E-state index contributed by atoms with van der Waals surface area (Å²) in [4.78, 5) is 29.7. The van der Waals surface area contributed by atoms with E-state index in [1.807, 2.05) is 50.2 Å². The third-order valence-corrected chi connectivity index (χ3v) is 5.64. The Morgan fingerprint density at radius 3 is 2.78 bits per heavy atom. The molecule has 3 aromatic rings. The first-order valence-corrected chi connectivity index (χ1v) is 10.5. The molecule has 140 valence electrons. The van der Waals surface area contributed by atoms with Crippen molar-refractivity contribution in [3.05, 3.63) is 62.9 Å². The lowest BCUT2D eigenvalue weighted by atomic mass is 10.2. The van der Waals surface area contributed by atoms with Crippen molar-refractivity contribution in [2.75, 3.05) is 11.1 Å². The van der Waals surface area contributed by atoms with Crippen LogP contribution < -0.4 is 10.9 Å². The molecular formula is C20H20BrN3O2S. The number of amides is 1. The Labute approximate surface area is 170 Å². The van der Waals surface area contributed by atoms with Gasteiger partial charge in [-0.2, -0.15) is 0 Å². The molecule has 1 N–H and O–H groups in total. The molecule has 0 aliphatic heterocycles. The van der Waals surface area contributed by atoms with Crippen LogP contribution in [0.25, 0.3) is 10.9 Å². The van der Waals surface area contributed by atoms with Gasteiger partial charge in [0.1, 0.15) is 0 Å². The number of carbonyl (C=O) groups is 1. The Morgan fingerprint density at radius 2 is 2.04 bits per heavy atom. The number of carbonyl (C=O) groups excluding carboxylic acids is 1. The van der Waals surface area contributed by atoms with Gasteiger partial charge in [0.2, 0.25) is 5.91 Å². The lowest BCUT2D eigenvalue weighted by Crippen LogP contribution is -2.24. The molecule has 0 atom stereocenters. The summed E-state index contributed by atoms with van der Waals surface area (Å²) < 4.78 is 2.50. The van der Waals surface area contributed by atoms with Gasteiger partial charge in [0.05, 0.1) is 22.3 Å². The minimum Gasteiger partial charge on any atom is -0.324 e. The molecule has 0 bridgehead atoms. The molecule has 3 rings (SSSR count). The Morgan fingerprint density at radius 1 is 1.26 bits per heavy atom. The number of nitrogens with one attached hydrogen (secondary N) is 1. The first-order valence-electron chi connectivity index (χ1n) is 8.68. The van der Waals surface area contributed by atoms with E-state index in [0.717, 1.165) is 22.1 Å². The van der Waals surface area contributed by atoms with E-state index in [2.05, 4.69) is 26.2 Å². The van der Waals surface area contributed by atoms with E-state index in [9.17, 15) is 9.59 Å². The predicted octanol–water partition coefficient (Wildman–Crippen LogP) is 4.61. The molecule has 0 spiro atoms. The number of para-hydroxylation sites is 1.